The number of hydrogen-bond donors (Lipinski definition) is 2. The van der Waals surface area contributed by atoms with Crippen molar-refractivity contribution in [2.45, 2.75) is 128 Å². The first-order chi connectivity index (χ1) is 16.9. The Bertz CT molecular complexity index is 537. The van der Waals surface area contributed by atoms with Gasteiger partial charge in [0.15, 0.2) is 0 Å². The van der Waals surface area contributed by atoms with Gasteiger partial charge in [0.2, 0.25) is 0 Å². The maximum atomic E-state index is 4.23. The van der Waals surface area contributed by atoms with Crippen LogP contribution in [0, 0.1) is 0 Å². The minimum Gasteiger partial charge on any atom is -0.213 e. The van der Waals surface area contributed by atoms with E-state index in [0.29, 0.717) is 0 Å². The second-order valence-electron chi connectivity index (χ2n) is 9.90. The van der Waals surface area contributed by atoms with Gasteiger partial charge in [0.1, 0.15) is 0 Å². The molecule has 0 spiro atoms. The van der Waals surface area contributed by atoms with E-state index in [0.717, 1.165) is 11.5 Å². The molecule has 0 aromatic heterocycles. The Balaban J connectivity index is 0.000000642. The predicted molar refractivity (Wildman–Crippen MR) is 162 cm³/mol. The van der Waals surface area contributed by atoms with Crippen LogP contribution in [-0.4, -0.2) is 11.5 Å². The largest absolute Gasteiger partial charge is 2.00 e. The molecule has 2 aromatic rings. The molecule has 0 unspecified atom stereocenters. The van der Waals surface area contributed by atoms with Crippen LogP contribution in [0.5, 0.6) is 0 Å². The van der Waals surface area contributed by atoms with Crippen molar-refractivity contribution in [1.29, 1.82) is 0 Å². The van der Waals surface area contributed by atoms with Crippen LogP contribution in [0.25, 0.3) is 0 Å². The van der Waals surface area contributed by atoms with Crippen LogP contribution in [0.2, 0.25) is 0 Å². The monoisotopic (exact) mass is 558 g/mol. The molecular formula is C32H54FeS2. The Labute approximate surface area is 240 Å². The van der Waals surface area contributed by atoms with Crippen LogP contribution in [0.3, 0.4) is 0 Å². The van der Waals surface area contributed by atoms with Gasteiger partial charge in [0.25, 0.3) is 0 Å². The summed E-state index contributed by atoms with van der Waals surface area (Å²) in [6, 6.07) is 17.5. The fourth-order valence-corrected chi connectivity index (χ4v) is 4.96. The summed E-state index contributed by atoms with van der Waals surface area (Å²) in [4.78, 5) is 0. The molecule has 2 aromatic carbocycles. The summed E-state index contributed by atoms with van der Waals surface area (Å²) in [6.45, 7) is 0. The molecule has 0 heterocycles. The van der Waals surface area contributed by atoms with Gasteiger partial charge in [0, 0.05) is 0 Å². The van der Waals surface area contributed by atoms with Crippen LogP contribution < -0.4 is 0 Å². The molecule has 0 N–H and O–H groups in total. The number of thiol groups is 2. The molecule has 3 heteroatoms. The number of unbranched alkanes of at least 4 members (excludes halogenated alkanes) is 16. The van der Waals surface area contributed by atoms with Gasteiger partial charge in [-0.05, 0) is 24.3 Å². The van der Waals surface area contributed by atoms with Crippen LogP contribution in [-0.2, 0) is 29.9 Å². The molecule has 0 aliphatic heterocycles. The van der Waals surface area contributed by atoms with Crippen molar-refractivity contribution in [3.63, 3.8) is 0 Å². The fraction of sp³-hybridized carbons (Fsp3) is 0.688. The summed E-state index contributed by atoms with van der Waals surface area (Å²) in [6.07, 6.45) is 27.7. The first-order valence-electron chi connectivity index (χ1n) is 14.5. The van der Waals surface area contributed by atoms with Crippen molar-refractivity contribution in [3.8, 4) is 0 Å². The molecule has 0 fully saturated rings. The van der Waals surface area contributed by atoms with Gasteiger partial charge in [-0.1, -0.05) is 116 Å². The van der Waals surface area contributed by atoms with Crippen molar-refractivity contribution in [3.05, 3.63) is 59.7 Å². The smallest absolute Gasteiger partial charge is 0.213 e. The summed E-state index contributed by atoms with van der Waals surface area (Å²) in [5, 5.41) is 0. The third-order valence-electron chi connectivity index (χ3n) is 6.71. The third-order valence-corrected chi connectivity index (χ3v) is 7.34. The van der Waals surface area contributed by atoms with E-state index >= 15 is 0 Å². The molecule has 0 saturated carbocycles. The van der Waals surface area contributed by atoms with Gasteiger partial charge in [-0.15, -0.1) is 0 Å². The molecule has 0 radical (unpaired) electrons. The summed E-state index contributed by atoms with van der Waals surface area (Å²) < 4.78 is 0. The first kappa shape index (κ1) is 34.9. The van der Waals surface area contributed by atoms with Crippen LogP contribution >= 0.6 is 25.3 Å². The summed E-state index contributed by atoms with van der Waals surface area (Å²) in [5.41, 5.74) is 3.02. The van der Waals surface area contributed by atoms with E-state index in [9.17, 15) is 0 Å². The average Bonchev–Trinajstić information content (AvgIpc) is 3.56. The Morgan fingerprint density at radius 2 is 0.571 bits per heavy atom. The molecule has 0 nitrogen and oxygen atoms in total. The van der Waals surface area contributed by atoms with Crippen molar-refractivity contribution in [2.24, 2.45) is 0 Å². The molecule has 202 valence electrons. The minimum absolute atomic E-state index is 0. The number of hydrogen-bond acceptors (Lipinski definition) is 2. The molecule has 0 atom stereocenters. The second kappa shape index (κ2) is 28.5. The Morgan fingerprint density at radius 1 is 0.343 bits per heavy atom. The second-order valence-corrected chi connectivity index (χ2v) is 10.8. The number of rotatable bonds is 22. The molecule has 0 amide bonds. The van der Waals surface area contributed by atoms with Gasteiger partial charge < -0.3 is 0 Å². The molecule has 0 aliphatic rings. The van der Waals surface area contributed by atoms with Gasteiger partial charge in [-0.25, -0.2) is 24.3 Å². The zero-order chi connectivity index (χ0) is 24.4. The van der Waals surface area contributed by atoms with E-state index in [2.05, 4.69) is 73.8 Å². The van der Waals surface area contributed by atoms with E-state index < -0.39 is 0 Å². The van der Waals surface area contributed by atoms with E-state index in [1.807, 2.05) is 0 Å². The molecular weight excluding hydrogens is 504 g/mol. The van der Waals surface area contributed by atoms with E-state index in [4.69, 9.17) is 0 Å². The number of aryl methyl sites for hydroxylation is 2. The zero-order valence-electron chi connectivity index (χ0n) is 22.4. The van der Waals surface area contributed by atoms with Crippen LogP contribution in [0.15, 0.2) is 48.5 Å². The quantitative estimate of drug-likeness (QED) is 0.0611. The summed E-state index contributed by atoms with van der Waals surface area (Å²) in [5.74, 6) is 2.11. The van der Waals surface area contributed by atoms with Gasteiger partial charge in [-0.3, -0.25) is 0 Å². The Morgan fingerprint density at radius 3 is 0.829 bits per heavy atom. The Kier molecular flexibility index (Phi) is 28.4. The van der Waals surface area contributed by atoms with E-state index in [1.165, 1.54) is 140 Å². The van der Waals surface area contributed by atoms with Crippen molar-refractivity contribution in [1.82, 2.24) is 0 Å². The normalized spacial score (nSPS) is 10.6. The zero-order valence-corrected chi connectivity index (χ0v) is 25.3. The molecule has 0 saturated heterocycles. The molecule has 0 aliphatic carbocycles. The van der Waals surface area contributed by atoms with E-state index in [1.54, 1.807) is 0 Å². The van der Waals surface area contributed by atoms with Crippen LogP contribution in [0.4, 0.5) is 0 Å². The first-order valence-corrected chi connectivity index (χ1v) is 15.8. The topological polar surface area (TPSA) is 0 Å². The predicted octanol–water partition coefficient (Wildman–Crippen LogP) is 10.8. The fourth-order valence-electron chi connectivity index (χ4n) is 4.52. The summed E-state index contributed by atoms with van der Waals surface area (Å²) in [7, 11) is 0. The van der Waals surface area contributed by atoms with Crippen LogP contribution in [0.1, 0.15) is 127 Å². The van der Waals surface area contributed by atoms with Crippen molar-refractivity contribution < 1.29 is 17.1 Å². The Hall–Kier alpha value is -0.0805. The van der Waals surface area contributed by atoms with Crippen molar-refractivity contribution in [2.75, 3.05) is 11.5 Å². The maximum absolute atomic E-state index is 4.23. The maximum Gasteiger partial charge on any atom is 2.00 e. The van der Waals surface area contributed by atoms with Gasteiger partial charge >= 0.3 is 17.1 Å². The SMILES string of the molecule is SCCCCCCCCCCC[c-]1cccc1.SCCCCCCCCCCC[c-]1cccc1.[Fe+2]. The standard InChI is InChI=1S/2C16H27S.Fe/c2*17-15-11-7-5-3-1-2-4-6-8-12-16-13-9-10-14-16;/h2*9-10,13-14,17H,1-8,11-12,15H2;/q2*-1;+2. The third kappa shape index (κ3) is 24.0. The van der Waals surface area contributed by atoms with Gasteiger partial charge in [0.05, 0.1) is 0 Å². The molecule has 35 heavy (non-hydrogen) atoms. The minimum atomic E-state index is 0. The van der Waals surface area contributed by atoms with Crippen molar-refractivity contribution >= 4 is 25.3 Å². The van der Waals surface area contributed by atoms with E-state index in [-0.39, 0.29) is 17.1 Å². The van der Waals surface area contributed by atoms with Gasteiger partial charge in [-0.2, -0.15) is 60.6 Å². The molecule has 0 bridgehead atoms. The average molecular weight is 559 g/mol. The summed E-state index contributed by atoms with van der Waals surface area (Å²) >= 11 is 8.46. The molecule has 2 rings (SSSR count).